The maximum absolute atomic E-state index is 10.4. The van der Waals surface area contributed by atoms with E-state index in [-0.39, 0.29) is 11.5 Å². The molecule has 0 amide bonds. The Bertz CT molecular complexity index is 790. The summed E-state index contributed by atoms with van der Waals surface area (Å²) in [4.78, 5) is 2.59. The fourth-order valence-corrected chi connectivity index (χ4v) is 5.15. The Balaban J connectivity index is 1.46. The number of piperidine rings is 1. The Hall–Kier alpha value is -1.84. The molecule has 1 N–H and O–H groups in total. The molecule has 3 nitrogen and oxygen atoms in total. The van der Waals surface area contributed by atoms with Crippen molar-refractivity contribution in [1.82, 2.24) is 4.90 Å². The third-order valence-corrected chi connectivity index (χ3v) is 7.02. The van der Waals surface area contributed by atoms with Crippen molar-refractivity contribution in [3.05, 3.63) is 65.2 Å². The van der Waals surface area contributed by atoms with Crippen molar-refractivity contribution in [1.29, 1.82) is 0 Å². The van der Waals surface area contributed by atoms with Crippen molar-refractivity contribution in [2.75, 3.05) is 13.1 Å². The quantitative estimate of drug-likeness (QED) is 0.845. The molecular weight excluding hydrogens is 334 g/mol. The van der Waals surface area contributed by atoms with Crippen LogP contribution in [0.25, 0.3) is 0 Å². The summed E-state index contributed by atoms with van der Waals surface area (Å²) in [5.74, 6) is 1.03. The number of phenols is 1. The molecule has 2 aromatic carbocycles. The van der Waals surface area contributed by atoms with Gasteiger partial charge in [-0.3, -0.25) is 4.90 Å². The van der Waals surface area contributed by atoms with Crippen LogP contribution in [0.4, 0.5) is 0 Å². The number of nitrogens with zero attached hydrogens (tertiary/aromatic N) is 1. The van der Waals surface area contributed by atoms with Crippen LogP contribution in [0.2, 0.25) is 0 Å². The summed E-state index contributed by atoms with van der Waals surface area (Å²) in [7, 11) is 0. The van der Waals surface area contributed by atoms with E-state index >= 15 is 0 Å². The minimum atomic E-state index is 0.154. The predicted molar refractivity (Wildman–Crippen MR) is 109 cm³/mol. The first-order valence-electron chi connectivity index (χ1n) is 10.2. The lowest BCUT2D eigenvalue weighted by Crippen LogP contribution is -2.59. The van der Waals surface area contributed by atoms with E-state index in [1.807, 2.05) is 18.2 Å². The van der Waals surface area contributed by atoms with E-state index in [1.165, 1.54) is 11.1 Å². The Morgan fingerprint density at radius 3 is 2.74 bits per heavy atom. The standard InChI is InChI=1S/C24H31NO2/c1-17(27-16-19-8-5-4-6-9-19)15-25-13-12-24(3)18(2)22(25)14-20-21(24)10-7-11-23(20)26/h4-11,17-18,22,26H,12-16H2,1-3H3/t17-,18?,22-,24?/m1/s1. The lowest BCUT2D eigenvalue weighted by Gasteiger charge is -2.55. The molecule has 1 heterocycles. The average molecular weight is 366 g/mol. The van der Waals surface area contributed by atoms with Crippen LogP contribution in [-0.2, 0) is 23.2 Å². The van der Waals surface area contributed by atoms with Gasteiger partial charge in [-0.25, -0.2) is 0 Å². The highest BCUT2D eigenvalue weighted by Gasteiger charge is 2.49. The van der Waals surface area contributed by atoms with Gasteiger partial charge in [-0.15, -0.1) is 0 Å². The fourth-order valence-electron chi connectivity index (χ4n) is 5.15. The summed E-state index contributed by atoms with van der Waals surface area (Å²) in [5.41, 5.74) is 3.90. The van der Waals surface area contributed by atoms with Gasteiger partial charge >= 0.3 is 0 Å². The minimum Gasteiger partial charge on any atom is -0.508 e. The third-order valence-electron chi connectivity index (χ3n) is 7.02. The molecule has 1 aliphatic heterocycles. The maximum Gasteiger partial charge on any atom is 0.119 e. The first-order valence-corrected chi connectivity index (χ1v) is 10.2. The third kappa shape index (κ3) is 3.39. The normalized spacial score (nSPS) is 28.6. The maximum atomic E-state index is 10.4. The van der Waals surface area contributed by atoms with E-state index in [2.05, 4.69) is 56.0 Å². The monoisotopic (exact) mass is 365 g/mol. The molecule has 1 saturated heterocycles. The lowest BCUT2D eigenvalue weighted by atomic mass is 9.59. The molecule has 4 rings (SSSR count). The van der Waals surface area contributed by atoms with Crippen LogP contribution in [0.3, 0.4) is 0 Å². The number of benzene rings is 2. The molecule has 2 unspecified atom stereocenters. The number of rotatable bonds is 5. The molecule has 0 spiro atoms. The van der Waals surface area contributed by atoms with Crippen LogP contribution in [0.15, 0.2) is 48.5 Å². The predicted octanol–water partition coefficient (Wildman–Crippen LogP) is 4.52. The molecule has 0 radical (unpaired) electrons. The van der Waals surface area contributed by atoms with E-state index in [4.69, 9.17) is 4.74 Å². The number of ether oxygens (including phenoxy) is 1. The summed E-state index contributed by atoms with van der Waals surface area (Å²) in [5, 5.41) is 10.4. The lowest BCUT2D eigenvalue weighted by molar-refractivity contribution is -0.0246. The first-order chi connectivity index (χ1) is 13.0. The highest BCUT2D eigenvalue weighted by molar-refractivity contribution is 5.47. The molecule has 0 aromatic heterocycles. The molecule has 2 aliphatic rings. The van der Waals surface area contributed by atoms with E-state index in [0.29, 0.717) is 24.3 Å². The van der Waals surface area contributed by atoms with Gasteiger partial charge in [0.05, 0.1) is 12.7 Å². The van der Waals surface area contributed by atoms with E-state index in [9.17, 15) is 5.11 Å². The molecular formula is C24H31NO2. The highest BCUT2D eigenvalue weighted by atomic mass is 16.5. The number of aromatic hydroxyl groups is 1. The van der Waals surface area contributed by atoms with Crippen LogP contribution in [0, 0.1) is 5.92 Å². The zero-order valence-electron chi connectivity index (χ0n) is 16.7. The van der Waals surface area contributed by atoms with Gasteiger partial charge in [0.25, 0.3) is 0 Å². The fraction of sp³-hybridized carbons (Fsp3) is 0.500. The summed E-state index contributed by atoms with van der Waals surface area (Å²) < 4.78 is 6.13. The van der Waals surface area contributed by atoms with Crippen LogP contribution < -0.4 is 0 Å². The van der Waals surface area contributed by atoms with Crippen molar-refractivity contribution in [2.24, 2.45) is 5.92 Å². The Kier molecular flexibility index (Phi) is 5.00. The first kappa shape index (κ1) is 18.5. The van der Waals surface area contributed by atoms with E-state index in [0.717, 1.165) is 31.5 Å². The van der Waals surface area contributed by atoms with E-state index in [1.54, 1.807) is 0 Å². The van der Waals surface area contributed by atoms with Gasteiger partial charge in [0.1, 0.15) is 5.75 Å². The molecule has 4 atom stereocenters. The zero-order chi connectivity index (χ0) is 19.0. The van der Waals surface area contributed by atoms with Crippen LogP contribution >= 0.6 is 0 Å². The van der Waals surface area contributed by atoms with Gasteiger partial charge in [0.2, 0.25) is 0 Å². The topological polar surface area (TPSA) is 32.7 Å². The summed E-state index contributed by atoms with van der Waals surface area (Å²) >= 11 is 0. The largest absolute Gasteiger partial charge is 0.508 e. The van der Waals surface area contributed by atoms with E-state index < -0.39 is 0 Å². The van der Waals surface area contributed by atoms with Gasteiger partial charge in [0, 0.05) is 12.6 Å². The number of phenolic OH excluding ortho intramolecular Hbond substituents is 1. The van der Waals surface area contributed by atoms with Gasteiger partial charge in [-0.1, -0.05) is 56.3 Å². The second-order valence-corrected chi connectivity index (χ2v) is 8.63. The molecule has 1 aliphatic carbocycles. The number of hydrogen-bond donors (Lipinski definition) is 1. The molecule has 2 aromatic rings. The molecule has 3 heteroatoms. The summed E-state index contributed by atoms with van der Waals surface area (Å²) in [6.45, 7) is 9.65. The van der Waals surface area contributed by atoms with Gasteiger partial charge < -0.3 is 9.84 Å². The van der Waals surface area contributed by atoms with Gasteiger partial charge in [-0.2, -0.15) is 0 Å². The Morgan fingerprint density at radius 1 is 1.19 bits per heavy atom. The van der Waals surface area contributed by atoms with Crippen molar-refractivity contribution >= 4 is 0 Å². The molecule has 2 bridgehead atoms. The minimum absolute atomic E-state index is 0.154. The molecule has 1 fully saturated rings. The van der Waals surface area contributed by atoms with Crippen molar-refractivity contribution in [3.8, 4) is 5.75 Å². The van der Waals surface area contributed by atoms with Crippen LogP contribution in [0.5, 0.6) is 5.75 Å². The number of fused-ring (bicyclic) bond motifs is 4. The highest BCUT2D eigenvalue weighted by Crippen LogP contribution is 2.50. The molecule has 144 valence electrons. The number of likely N-dealkylation sites (tertiary alicyclic amines) is 1. The Labute approximate surface area is 163 Å². The number of hydrogen-bond acceptors (Lipinski definition) is 3. The van der Waals surface area contributed by atoms with Crippen molar-refractivity contribution in [3.63, 3.8) is 0 Å². The van der Waals surface area contributed by atoms with Gasteiger partial charge in [0.15, 0.2) is 0 Å². The summed E-state index contributed by atoms with van der Waals surface area (Å²) in [6.07, 6.45) is 2.25. The molecule has 0 saturated carbocycles. The summed E-state index contributed by atoms with van der Waals surface area (Å²) in [6, 6.07) is 16.9. The van der Waals surface area contributed by atoms with Gasteiger partial charge in [-0.05, 0) is 60.4 Å². The van der Waals surface area contributed by atoms with Crippen LogP contribution in [-0.4, -0.2) is 35.2 Å². The average Bonchev–Trinajstić information content (AvgIpc) is 2.67. The van der Waals surface area contributed by atoms with Crippen LogP contribution in [0.1, 0.15) is 43.9 Å². The second-order valence-electron chi connectivity index (χ2n) is 8.63. The molecule has 27 heavy (non-hydrogen) atoms. The Morgan fingerprint density at radius 2 is 1.96 bits per heavy atom. The van der Waals surface area contributed by atoms with Crippen molar-refractivity contribution in [2.45, 2.75) is 57.8 Å². The smallest absolute Gasteiger partial charge is 0.119 e. The van der Waals surface area contributed by atoms with Crippen molar-refractivity contribution < 1.29 is 9.84 Å². The second kappa shape index (κ2) is 7.29. The zero-order valence-corrected chi connectivity index (χ0v) is 16.7. The SMILES string of the molecule is CC1[C@H]2Cc3c(O)cccc3C1(C)CCN2C[C@@H](C)OCc1ccccc1.